The van der Waals surface area contributed by atoms with Gasteiger partial charge in [-0.3, -0.25) is 0 Å². The van der Waals surface area contributed by atoms with Crippen LogP contribution in [0.15, 0.2) is 0 Å². The summed E-state index contributed by atoms with van der Waals surface area (Å²) in [4.78, 5) is 0. The van der Waals surface area contributed by atoms with Gasteiger partial charge in [0.25, 0.3) is 0 Å². The van der Waals surface area contributed by atoms with Gasteiger partial charge in [0.05, 0.1) is 6.61 Å². The van der Waals surface area contributed by atoms with E-state index in [9.17, 15) is 10.2 Å². The van der Waals surface area contributed by atoms with Gasteiger partial charge in [0.15, 0.2) is 6.29 Å². The fourth-order valence-corrected chi connectivity index (χ4v) is 2.25. The molecule has 1 heterocycles. The molecule has 0 saturated carbocycles. The van der Waals surface area contributed by atoms with E-state index >= 15 is 0 Å². The number of rotatable bonds is 10. The molecule has 6 heteroatoms. The molecule has 0 radical (unpaired) electrons. The first-order valence-electron chi connectivity index (χ1n) is 7.89. The van der Waals surface area contributed by atoms with Gasteiger partial charge in [-0.1, -0.05) is 26.7 Å². The molecule has 1 aliphatic rings. The molecule has 2 N–H and O–H groups in total. The van der Waals surface area contributed by atoms with Gasteiger partial charge in [-0.15, -0.1) is 0 Å². The summed E-state index contributed by atoms with van der Waals surface area (Å²) in [5.74, 6) is 0. The Morgan fingerprint density at radius 2 is 1.67 bits per heavy atom. The zero-order valence-corrected chi connectivity index (χ0v) is 13.4. The van der Waals surface area contributed by atoms with E-state index < -0.39 is 30.7 Å². The second-order valence-corrected chi connectivity index (χ2v) is 5.38. The van der Waals surface area contributed by atoms with Gasteiger partial charge in [0, 0.05) is 20.3 Å². The molecule has 0 spiro atoms. The predicted molar refractivity (Wildman–Crippen MR) is 78.1 cm³/mol. The van der Waals surface area contributed by atoms with E-state index in [0.29, 0.717) is 19.8 Å². The van der Waals surface area contributed by atoms with Crippen LogP contribution in [0.2, 0.25) is 0 Å². The lowest BCUT2D eigenvalue weighted by Gasteiger charge is -2.41. The molecule has 0 bridgehead atoms. The minimum absolute atomic E-state index is 0.320. The molecule has 0 aromatic rings. The molecule has 5 atom stereocenters. The lowest BCUT2D eigenvalue weighted by Crippen LogP contribution is -2.60. The summed E-state index contributed by atoms with van der Waals surface area (Å²) in [5.41, 5.74) is 0. The smallest absolute Gasteiger partial charge is 0.186 e. The fourth-order valence-electron chi connectivity index (χ4n) is 2.25. The van der Waals surface area contributed by atoms with Gasteiger partial charge >= 0.3 is 0 Å². The van der Waals surface area contributed by atoms with Gasteiger partial charge in [-0.2, -0.15) is 0 Å². The average Bonchev–Trinajstić information content (AvgIpc) is 2.49. The van der Waals surface area contributed by atoms with Crippen molar-refractivity contribution in [1.82, 2.24) is 0 Å². The topological polar surface area (TPSA) is 77.4 Å². The first-order valence-corrected chi connectivity index (χ1v) is 7.89. The lowest BCUT2D eigenvalue weighted by atomic mass is 9.99. The van der Waals surface area contributed by atoms with Crippen LogP contribution in [0.1, 0.15) is 39.5 Å². The standard InChI is InChI=1S/C15H30O6/c1-4-6-8-19-10-11-14(20-9-7-5-2)12(16)13(17)15(18-3)21-11/h11-17H,4-10H2,1-3H3/t11-,12-,13-,14-,15+/m1/s1. The maximum absolute atomic E-state index is 10.2. The number of aliphatic hydroxyl groups is 2. The van der Waals surface area contributed by atoms with E-state index in [1.807, 2.05) is 0 Å². The molecule has 0 aromatic carbocycles. The molecule has 0 unspecified atom stereocenters. The summed E-state index contributed by atoms with van der Waals surface area (Å²) in [6.45, 7) is 5.66. The fraction of sp³-hybridized carbons (Fsp3) is 1.00. The van der Waals surface area contributed by atoms with Crippen LogP contribution >= 0.6 is 0 Å². The molecule has 0 aliphatic carbocycles. The van der Waals surface area contributed by atoms with E-state index in [1.165, 1.54) is 7.11 Å². The van der Waals surface area contributed by atoms with Crippen molar-refractivity contribution >= 4 is 0 Å². The molecule has 1 saturated heterocycles. The summed E-state index contributed by atoms with van der Waals surface area (Å²) in [6.07, 6.45) is -0.112. The Hall–Kier alpha value is -0.240. The average molecular weight is 306 g/mol. The van der Waals surface area contributed by atoms with Crippen molar-refractivity contribution in [3.63, 3.8) is 0 Å². The highest BCUT2D eigenvalue weighted by atomic mass is 16.7. The van der Waals surface area contributed by atoms with Crippen molar-refractivity contribution in [3.05, 3.63) is 0 Å². The van der Waals surface area contributed by atoms with Crippen molar-refractivity contribution in [3.8, 4) is 0 Å². The molecule has 6 nitrogen and oxygen atoms in total. The van der Waals surface area contributed by atoms with Crippen LogP contribution in [0.3, 0.4) is 0 Å². The second kappa shape index (κ2) is 10.5. The zero-order chi connectivity index (χ0) is 15.7. The number of hydrogen-bond acceptors (Lipinski definition) is 6. The highest BCUT2D eigenvalue weighted by molar-refractivity contribution is 4.90. The predicted octanol–water partition coefficient (Wildman–Crippen LogP) is 1.08. The van der Waals surface area contributed by atoms with Crippen LogP contribution in [0.4, 0.5) is 0 Å². The maximum Gasteiger partial charge on any atom is 0.186 e. The third kappa shape index (κ3) is 5.81. The Morgan fingerprint density at radius 1 is 1.00 bits per heavy atom. The molecule has 126 valence electrons. The molecule has 1 fully saturated rings. The van der Waals surface area contributed by atoms with Crippen molar-refractivity contribution in [2.75, 3.05) is 26.9 Å². The SMILES string of the molecule is CCCCOC[C@H]1O[C@H](OC)[C@H](O)[C@@H](O)[C@@H]1OCCCC. The van der Waals surface area contributed by atoms with Crippen LogP contribution in [0.25, 0.3) is 0 Å². The van der Waals surface area contributed by atoms with Gasteiger partial charge < -0.3 is 29.2 Å². The first-order chi connectivity index (χ1) is 10.2. The van der Waals surface area contributed by atoms with Gasteiger partial charge in [-0.25, -0.2) is 0 Å². The van der Waals surface area contributed by atoms with E-state index in [2.05, 4.69) is 13.8 Å². The molecular formula is C15H30O6. The molecule has 1 rings (SSSR count). The number of aliphatic hydroxyl groups excluding tert-OH is 2. The second-order valence-electron chi connectivity index (χ2n) is 5.38. The van der Waals surface area contributed by atoms with Crippen LogP contribution in [0, 0.1) is 0 Å². The van der Waals surface area contributed by atoms with E-state index in [4.69, 9.17) is 18.9 Å². The van der Waals surface area contributed by atoms with Gasteiger partial charge in [0.2, 0.25) is 0 Å². The van der Waals surface area contributed by atoms with Crippen LogP contribution in [-0.4, -0.2) is 67.8 Å². The monoisotopic (exact) mass is 306 g/mol. The summed E-state index contributed by atoms with van der Waals surface area (Å²) in [7, 11) is 1.44. The number of unbranched alkanes of at least 4 members (excludes halogenated alkanes) is 2. The molecule has 21 heavy (non-hydrogen) atoms. The first kappa shape index (κ1) is 18.8. The molecule has 0 aromatic heterocycles. The minimum atomic E-state index is -1.12. The van der Waals surface area contributed by atoms with E-state index in [-0.39, 0.29) is 0 Å². The Morgan fingerprint density at radius 3 is 2.29 bits per heavy atom. The van der Waals surface area contributed by atoms with Crippen molar-refractivity contribution in [1.29, 1.82) is 0 Å². The number of methoxy groups -OCH3 is 1. The number of hydrogen-bond donors (Lipinski definition) is 2. The zero-order valence-electron chi connectivity index (χ0n) is 13.4. The normalized spacial score (nSPS) is 33.3. The Bertz CT molecular complexity index is 263. The largest absolute Gasteiger partial charge is 0.387 e. The van der Waals surface area contributed by atoms with Crippen molar-refractivity contribution in [2.24, 2.45) is 0 Å². The van der Waals surface area contributed by atoms with Gasteiger partial charge in [-0.05, 0) is 12.8 Å². The van der Waals surface area contributed by atoms with Crippen molar-refractivity contribution < 1.29 is 29.2 Å². The van der Waals surface area contributed by atoms with Crippen LogP contribution in [-0.2, 0) is 18.9 Å². The Kier molecular flexibility index (Phi) is 9.39. The Labute approximate surface area is 127 Å². The number of ether oxygens (including phenoxy) is 4. The maximum atomic E-state index is 10.2. The van der Waals surface area contributed by atoms with Crippen LogP contribution < -0.4 is 0 Å². The quantitative estimate of drug-likeness (QED) is 0.588. The van der Waals surface area contributed by atoms with E-state index in [0.717, 1.165) is 25.7 Å². The van der Waals surface area contributed by atoms with E-state index in [1.54, 1.807) is 0 Å². The highest BCUT2D eigenvalue weighted by Crippen LogP contribution is 2.24. The summed E-state index contributed by atoms with van der Waals surface area (Å²) < 4.78 is 22.0. The summed E-state index contributed by atoms with van der Waals surface area (Å²) >= 11 is 0. The molecule has 0 amide bonds. The summed E-state index contributed by atoms with van der Waals surface area (Å²) in [5, 5.41) is 20.2. The molecule has 1 aliphatic heterocycles. The summed E-state index contributed by atoms with van der Waals surface area (Å²) in [6, 6.07) is 0. The third-order valence-electron chi connectivity index (χ3n) is 3.61. The minimum Gasteiger partial charge on any atom is -0.387 e. The highest BCUT2D eigenvalue weighted by Gasteiger charge is 2.45. The van der Waals surface area contributed by atoms with Crippen molar-refractivity contribution in [2.45, 2.75) is 70.2 Å². The Balaban J connectivity index is 2.57. The van der Waals surface area contributed by atoms with Gasteiger partial charge in [0.1, 0.15) is 24.4 Å². The lowest BCUT2D eigenvalue weighted by molar-refractivity contribution is -0.303. The molecular weight excluding hydrogens is 276 g/mol. The van der Waals surface area contributed by atoms with Crippen LogP contribution in [0.5, 0.6) is 0 Å². The third-order valence-corrected chi connectivity index (χ3v) is 3.61.